The lowest BCUT2D eigenvalue weighted by Gasteiger charge is -2.41. The number of hydrogen-bond acceptors (Lipinski definition) is 3. The molecule has 0 saturated heterocycles. The van der Waals surface area contributed by atoms with E-state index in [0.717, 1.165) is 42.7 Å². The minimum atomic E-state index is -0.211. The number of nitrogens with one attached hydrogen (secondary N) is 3. The van der Waals surface area contributed by atoms with Gasteiger partial charge in [-0.2, -0.15) is 5.10 Å². The number of methoxy groups -OCH3 is 1. The number of hydrogen-bond donors (Lipinski definition) is 3. The zero-order chi connectivity index (χ0) is 17.7. The SMILES string of the molecule is C/C=C\CC1(NC(=O)Nc2cc(-c3ccc(OC)cc3)[nH]n2)CCC1. The van der Waals surface area contributed by atoms with Crippen LogP contribution in [0, 0.1) is 0 Å². The van der Waals surface area contributed by atoms with Gasteiger partial charge in [0.2, 0.25) is 0 Å². The molecule has 1 fully saturated rings. The second kappa shape index (κ2) is 7.42. The molecular weight excluding hydrogens is 316 g/mol. The fraction of sp³-hybridized carbons (Fsp3) is 0.368. The number of nitrogens with zero attached hydrogens (tertiary/aromatic N) is 1. The molecule has 6 heteroatoms. The fourth-order valence-corrected chi connectivity index (χ4v) is 3.02. The third-order valence-electron chi connectivity index (χ3n) is 4.65. The van der Waals surface area contributed by atoms with Gasteiger partial charge in [-0.05, 0) is 62.4 Å². The van der Waals surface area contributed by atoms with E-state index >= 15 is 0 Å². The van der Waals surface area contributed by atoms with E-state index in [9.17, 15) is 4.79 Å². The van der Waals surface area contributed by atoms with Crippen LogP contribution in [0.15, 0.2) is 42.5 Å². The molecule has 0 spiro atoms. The monoisotopic (exact) mass is 340 g/mol. The normalized spacial score (nSPS) is 15.6. The van der Waals surface area contributed by atoms with E-state index in [1.807, 2.05) is 43.3 Å². The van der Waals surface area contributed by atoms with E-state index in [4.69, 9.17) is 4.74 Å². The molecule has 1 aromatic heterocycles. The lowest BCUT2D eigenvalue weighted by Crippen LogP contribution is -2.54. The van der Waals surface area contributed by atoms with Crippen molar-refractivity contribution in [3.63, 3.8) is 0 Å². The molecule has 1 heterocycles. The minimum Gasteiger partial charge on any atom is -0.497 e. The maximum absolute atomic E-state index is 12.3. The average Bonchev–Trinajstić information content (AvgIpc) is 3.05. The molecule has 0 aliphatic heterocycles. The molecule has 1 aromatic carbocycles. The molecule has 1 aliphatic rings. The summed E-state index contributed by atoms with van der Waals surface area (Å²) in [7, 11) is 1.64. The topological polar surface area (TPSA) is 79.0 Å². The highest BCUT2D eigenvalue weighted by atomic mass is 16.5. The van der Waals surface area contributed by atoms with Crippen LogP contribution in [0.3, 0.4) is 0 Å². The standard InChI is InChI=1S/C19H24N4O2/c1-3-4-10-19(11-5-12-19)21-18(24)20-17-13-16(22-23-17)14-6-8-15(25-2)9-7-14/h3-4,6-9,13H,5,10-12H2,1-2H3,(H3,20,21,22,23,24)/b4-3-. The maximum Gasteiger partial charge on any atom is 0.320 e. The Balaban J connectivity index is 1.61. The van der Waals surface area contributed by atoms with Gasteiger partial charge in [-0.1, -0.05) is 12.2 Å². The summed E-state index contributed by atoms with van der Waals surface area (Å²) >= 11 is 0. The van der Waals surface area contributed by atoms with Gasteiger partial charge in [-0.15, -0.1) is 0 Å². The molecule has 3 rings (SSSR count). The van der Waals surface area contributed by atoms with Gasteiger partial charge in [0.1, 0.15) is 5.75 Å². The Morgan fingerprint density at radius 2 is 2.12 bits per heavy atom. The quantitative estimate of drug-likeness (QED) is 0.693. The van der Waals surface area contributed by atoms with Crippen LogP contribution in [-0.4, -0.2) is 28.9 Å². The molecule has 1 aliphatic carbocycles. The molecule has 6 nitrogen and oxygen atoms in total. The third-order valence-corrected chi connectivity index (χ3v) is 4.65. The molecule has 132 valence electrons. The smallest absolute Gasteiger partial charge is 0.320 e. The van der Waals surface area contributed by atoms with Crippen LogP contribution < -0.4 is 15.4 Å². The van der Waals surface area contributed by atoms with Crippen LogP contribution in [0.4, 0.5) is 10.6 Å². The van der Waals surface area contributed by atoms with Crippen molar-refractivity contribution in [1.29, 1.82) is 0 Å². The van der Waals surface area contributed by atoms with Crippen molar-refractivity contribution >= 4 is 11.8 Å². The Bertz CT molecular complexity index is 745. The highest BCUT2D eigenvalue weighted by molar-refractivity contribution is 5.89. The number of aromatic amines is 1. The number of anilines is 1. The first kappa shape index (κ1) is 17.1. The Labute approximate surface area is 147 Å². The summed E-state index contributed by atoms with van der Waals surface area (Å²) in [5.41, 5.74) is 1.71. The first-order valence-electron chi connectivity index (χ1n) is 8.54. The molecule has 25 heavy (non-hydrogen) atoms. The van der Waals surface area contributed by atoms with E-state index in [-0.39, 0.29) is 11.6 Å². The van der Waals surface area contributed by atoms with Crippen molar-refractivity contribution in [2.75, 3.05) is 12.4 Å². The summed E-state index contributed by atoms with van der Waals surface area (Å²) in [4.78, 5) is 12.3. The second-order valence-electron chi connectivity index (χ2n) is 6.38. The Morgan fingerprint density at radius 1 is 1.36 bits per heavy atom. The molecule has 3 N–H and O–H groups in total. The van der Waals surface area contributed by atoms with Gasteiger partial charge in [-0.25, -0.2) is 4.79 Å². The van der Waals surface area contributed by atoms with Crippen LogP contribution in [0.1, 0.15) is 32.6 Å². The van der Waals surface area contributed by atoms with Crippen LogP contribution in [0.25, 0.3) is 11.3 Å². The number of carbonyl (C=O) groups excluding carboxylic acids is 1. The summed E-state index contributed by atoms with van der Waals surface area (Å²) in [5, 5.41) is 13.0. The predicted molar refractivity (Wildman–Crippen MR) is 98.7 cm³/mol. The molecule has 0 unspecified atom stereocenters. The van der Waals surface area contributed by atoms with Gasteiger partial charge in [0.25, 0.3) is 0 Å². The lowest BCUT2D eigenvalue weighted by atomic mass is 9.74. The van der Waals surface area contributed by atoms with Crippen molar-refractivity contribution in [1.82, 2.24) is 15.5 Å². The summed E-state index contributed by atoms with van der Waals surface area (Å²) in [5.74, 6) is 1.30. The third kappa shape index (κ3) is 4.02. The zero-order valence-electron chi connectivity index (χ0n) is 14.6. The number of benzene rings is 1. The summed E-state index contributed by atoms with van der Waals surface area (Å²) < 4.78 is 5.16. The number of ether oxygens (including phenoxy) is 1. The van der Waals surface area contributed by atoms with Gasteiger partial charge >= 0.3 is 6.03 Å². The van der Waals surface area contributed by atoms with E-state index in [2.05, 4.69) is 26.9 Å². The van der Waals surface area contributed by atoms with Crippen LogP contribution >= 0.6 is 0 Å². The Hall–Kier alpha value is -2.76. The summed E-state index contributed by atoms with van der Waals surface area (Å²) in [6.45, 7) is 2.00. The average molecular weight is 340 g/mol. The van der Waals surface area contributed by atoms with Crippen molar-refractivity contribution in [2.24, 2.45) is 0 Å². The molecule has 0 atom stereocenters. The minimum absolute atomic E-state index is 0.105. The fourth-order valence-electron chi connectivity index (χ4n) is 3.02. The van der Waals surface area contributed by atoms with Crippen molar-refractivity contribution in [3.05, 3.63) is 42.5 Å². The molecule has 2 aromatic rings. The number of amides is 2. The zero-order valence-corrected chi connectivity index (χ0v) is 14.6. The van der Waals surface area contributed by atoms with Crippen LogP contribution in [-0.2, 0) is 0 Å². The highest BCUT2D eigenvalue weighted by Crippen LogP contribution is 2.35. The largest absolute Gasteiger partial charge is 0.497 e. The van der Waals surface area contributed by atoms with Gasteiger partial charge < -0.3 is 10.1 Å². The number of H-pyrrole nitrogens is 1. The van der Waals surface area contributed by atoms with E-state index < -0.39 is 0 Å². The van der Waals surface area contributed by atoms with Crippen molar-refractivity contribution < 1.29 is 9.53 Å². The first-order valence-corrected chi connectivity index (χ1v) is 8.54. The molecule has 2 amide bonds. The maximum atomic E-state index is 12.3. The van der Waals surface area contributed by atoms with Crippen LogP contribution in [0.2, 0.25) is 0 Å². The number of rotatable bonds is 6. The molecule has 1 saturated carbocycles. The molecular formula is C19H24N4O2. The number of allylic oxidation sites excluding steroid dienone is 1. The Kier molecular flexibility index (Phi) is 5.07. The van der Waals surface area contributed by atoms with E-state index in [0.29, 0.717) is 5.82 Å². The highest BCUT2D eigenvalue weighted by Gasteiger charge is 2.37. The van der Waals surface area contributed by atoms with Gasteiger partial charge in [0.15, 0.2) is 5.82 Å². The Morgan fingerprint density at radius 3 is 2.72 bits per heavy atom. The van der Waals surface area contributed by atoms with Crippen molar-refractivity contribution in [2.45, 2.75) is 38.1 Å². The van der Waals surface area contributed by atoms with E-state index in [1.165, 1.54) is 0 Å². The predicted octanol–water partition coefficient (Wildman–Crippen LogP) is 4.10. The van der Waals surface area contributed by atoms with Crippen molar-refractivity contribution in [3.8, 4) is 17.0 Å². The molecule has 0 bridgehead atoms. The second-order valence-corrected chi connectivity index (χ2v) is 6.38. The van der Waals surface area contributed by atoms with Gasteiger partial charge in [0.05, 0.1) is 12.8 Å². The van der Waals surface area contributed by atoms with E-state index in [1.54, 1.807) is 7.11 Å². The van der Waals surface area contributed by atoms with Crippen LogP contribution in [0.5, 0.6) is 5.75 Å². The number of aromatic nitrogens is 2. The first-order chi connectivity index (χ1) is 12.1. The summed E-state index contributed by atoms with van der Waals surface area (Å²) in [6.07, 6.45) is 8.19. The number of carbonyl (C=O) groups is 1. The van der Waals surface area contributed by atoms with Gasteiger partial charge in [0, 0.05) is 11.6 Å². The number of urea groups is 1. The lowest BCUT2D eigenvalue weighted by molar-refractivity contribution is 0.186. The molecule has 0 radical (unpaired) electrons. The van der Waals surface area contributed by atoms with Gasteiger partial charge in [-0.3, -0.25) is 10.4 Å². The summed E-state index contributed by atoms with van der Waals surface area (Å²) in [6, 6.07) is 9.26.